The van der Waals surface area contributed by atoms with E-state index in [1.807, 2.05) is 60.3 Å². The van der Waals surface area contributed by atoms with E-state index in [0.29, 0.717) is 5.56 Å². The van der Waals surface area contributed by atoms with Crippen molar-refractivity contribution in [1.29, 1.82) is 0 Å². The average Bonchev–Trinajstić information content (AvgIpc) is 2.87. The van der Waals surface area contributed by atoms with Gasteiger partial charge in [-0.1, -0.05) is 113 Å². The van der Waals surface area contributed by atoms with Gasteiger partial charge in [0.15, 0.2) is 0 Å². The van der Waals surface area contributed by atoms with E-state index in [1.54, 1.807) is 12.2 Å². The third-order valence-corrected chi connectivity index (χ3v) is 7.16. The molecule has 182 valence electrons. The van der Waals surface area contributed by atoms with Gasteiger partial charge >= 0.3 is 0 Å². The van der Waals surface area contributed by atoms with Crippen molar-refractivity contribution < 1.29 is 9.63 Å². The SMILES string of the molecule is CCCCCCCCCCCCSCCC(c1ccccc1)N(OC)C(=O)c1ccccc1. The molecule has 0 fully saturated rings. The van der Waals surface area contributed by atoms with Crippen LogP contribution in [0.2, 0.25) is 0 Å². The molecule has 0 bridgehead atoms. The monoisotopic (exact) mass is 469 g/mol. The molecule has 0 radical (unpaired) electrons. The fourth-order valence-electron chi connectivity index (χ4n) is 4.14. The number of thioether (sulfide) groups is 1. The van der Waals surface area contributed by atoms with Gasteiger partial charge in [0.05, 0.1) is 13.2 Å². The molecule has 0 aliphatic rings. The maximum absolute atomic E-state index is 13.1. The van der Waals surface area contributed by atoms with Crippen LogP contribution in [0.3, 0.4) is 0 Å². The number of carbonyl (C=O) groups excluding carboxylic acids is 1. The Hall–Kier alpha value is -1.78. The summed E-state index contributed by atoms with van der Waals surface area (Å²) in [6.45, 7) is 2.28. The Morgan fingerprint density at radius 2 is 1.33 bits per heavy atom. The summed E-state index contributed by atoms with van der Waals surface area (Å²) in [5.41, 5.74) is 1.77. The van der Waals surface area contributed by atoms with Crippen LogP contribution in [0, 0.1) is 0 Å². The second-order valence-electron chi connectivity index (χ2n) is 8.69. The van der Waals surface area contributed by atoms with Crippen molar-refractivity contribution in [3.63, 3.8) is 0 Å². The molecule has 0 aliphatic carbocycles. The molecule has 0 saturated heterocycles. The van der Waals surface area contributed by atoms with Crippen LogP contribution in [0.5, 0.6) is 0 Å². The van der Waals surface area contributed by atoms with Crippen molar-refractivity contribution >= 4 is 17.7 Å². The van der Waals surface area contributed by atoms with E-state index in [9.17, 15) is 4.79 Å². The fourth-order valence-corrected chi connectivity index (χ4v) is 5.15. The molecular weight excluding hydrogens is 426 g/mol. The smallest absolute Gasteiger partial charge is 0.273 e. The summed E-state index contributed by atoms with van der Waals surface area (Å²) in [5.74, 6) is 2.11. The first-order valence-corrected chi connectivity index (χ1v) is 14.0. The lowest BCUT2D eigenvalue weighted by Crippen LogP contribution is -2.34. The highest BCUT2D eigenvalue weighted by atomic mass is 32.2. The van der Waals surface area contributed by atoms with Gasteiger partial charge in [-0.2, -0.15) is 11.8 Å². The van der Waals surface area contributed by atoms with Gasteiger partial charge < -0.3 is 0 Å². The predicted octanol–water partition coefficient (Wildman–Crippen LogP) is 8.48. The van der Waals surface area contributed by atoms with Gasteiger partial charge in [-0.15, -0.1) is 0 Å². The standard InChI is InChI=1S/C29H43NO2S/c1-3-4-5-6-7-8-9-10-11-18-24-33-25-23-28(26-19-14-12-15-20-26)30(32-2)29(31)27-21-16-13-17-22-27/h12-17,19-22,28H,3-11,18,23-25H2,1-2H3. The minimum Gasteiger partial charge on any atom is -0.273 e. The number of nitrogens with zero attached hydrogens (tertiary/aromatic N) is 1. The molecular formula is C29H43NO2S. The summed E-state index contributed by atoms with van der Waals surface area (Å²) in [6, 6.07) is 19.5. The zero-order valence-electron chi connectivity index (χ0n) is 20.7. The Balaban J connectivity index is 1.73. The third kappa shape index (κ3) is 10.8. The lowest BCUT2D eigenvalue weighted by Gasteiger charge is -2.30. The van der Waals surface area contributed by atoms with Crippen LogP contribution in [-0.4, -0.2) is 29.6 Å². The second kappa shape index (κ2) is 17.7. The van der Waals surface area contributed by atoms with E-state index in [2.05, 4.69) is 19.1 Å². The minimum atomic E-state index is -0.0934. The zero-order chi connectivity index (χ0) is 23.6. The maximum Gasteiger partial charge on any atom is 0.277 e. The first-order valence-electron chi connectivity index (χ1n) is 12.8. The summed E-state index contributed by atoms with van der Waals surface area (Å²) >= 11 is 2.00. The van der Waals surface area contributed by atoms with Crippen LogP contribution >= 0.6 is 11.8 Å². The van der Waals surface area contributed by atoms with Crippen molar-refractivity contribution in [3.8, 4) is 0 Å². The Bertz CT molecular complexity index is 738. The molecule has 0 aromatic heterocycles. The molecule has 2 rings (SSSR count). The first kappa shape index (κ1) is 27.5. The van der Waals surface area contributed by atoms with Crippen molar-refractivity contribution in [3.05, 3.63) is 71.8 Å². The molecule has 0 spiro atoms. The van der Waals surface area contributed by atoms with Gasteiger partial charge in [0, 0.05) is 5.56 Å². The first-order chi connectivity index (χ1) is 16.3. The molecule has 1 unspecified atom stereocenters. The highest BCUT2D eigenvalue weighted by Crippen LogP contribution is 2.28. The summed E-state index contributed by atoms with van der Waals surface area (Å²) in [5, 5.41) is 1.55. The van der Waals surface area contributed by atoms with E-state index in [1.165, 1.54) is 70.0 Å². The average molecular weight is 470 g/mol. The molecule has 33 heavy (non-hydrogen) atoms. The molecule has 0 heterocycles. The van der Waals surface area contributed by atoms with Crippen molar-refractivity contribution in [1.82, 2.24) is 5.06 Å². The quantitative estimate of drug-likeness (QED) is 0.162. The molecule has 0 N–H and O–H groups in total. The summed E-state index contributed by atoms with van der Waals surface area (Å²) < 4.78 is 0. The Labute approximate surface area is 206 Å². The molecule has 0 aliphatic heterocycles. The molecule has 2 aromatic rings. The van der Waals surface area contributed by atoms with Gasteiger partial charge in [0.25, 0.3) is 5.91 Å². The van der Waals surface area contributed by atoms with Crippen LogP contribution in [0.15, 0.2) is 60.7 Å². The Morgan fingerprint density at radius 1 is 0.788 bits per heavy atom. The molecule has 4 heteroatoms. The second-order valence-corrected chi connectivity index (χ2v) is 9.91. The van der Waals surface area contributed by atoms with Crippen LogP contribution < -0.4 is 0 Å². The van der Waals surface area contributed by atoms with E-state index in [0.717, 1.165) is 17.7 Å². The van der Waals surface area contributed by atoms with Crippen LogP contribution in [0.25, 0.3) is 0 Å². The van der Waals surface area contributed by atoms with E-state index in [-0.39, 0.29) is 11.9 Å². The van der Waals surface area contributed by atoms with E-state index in [4.69, 9.17) is 4.84 Å². The van der Waals surface area contributed by atoms with Gasteiger partial charge in [-0.25, -0.2) is 5.06 Å². The number of hydroxylamine groups is 2. The molecule has 3 nitrogen and oxygen atoms in total. The van der Waals surface area contributed by atoms with E-state index >= 15 is 0 Å². The lowest BCUT2D eigenvalue weighted by atomic mass is 10.0. The van der Waals surface area contributed by atoms with Crippen molar-refractivity contribution in [2.45, 2.75) is 83.6 Å². The Morgan fingerprint density at radius 3 is 1.91 bits per heavy atom. The summed E-state index contributed by atoms with van der Waals surface area (Å²) in [6.07, 6.45) is 14.6. The number of rotatable bonds is 18. The lowest BCUT2D eigenvalue weighted by molar-refractivity contribution is -0.125. The van der Waals surface area contributed by atoms with Crippen LogP contribution in [0.4, 0.5) is 0 Å². The van der Waals surface area contributed by atoms with Gasteiger partial charge in [-0.3, -0.25) is 9.63 Å². The molecule has 2 aromatic carbocycles. The van der Waals surface area contributed by atoms with E-state index < -0.39 is 0 Å². The van der Waals surface area contributed by atoms with Crippen molar-refractivity contribution in [2.75, 3.05) is 18.6 Å². The number of unbranched alkanes of at least 4 members (excludes halogenated alkanes) is 9. The van der Waals surface area contributed by atoms with Crippen LogP contribution in [0.1, 0.15) is 99.5 Å². The number of benzene rings is 2. The van der Waals surface area contributed by atoms with Crippen molar-refractivity contribution in [2.24, 2.45) is 0 Å². The topological polar surface area (TPSA) is 29.5 Å². The largest absolute Gasteiger partial charge is 0.277 e. The maximum atomic E-state index is 13.1. The molecule has 1 atom stereocenters. The summed E-state index contributed by atoms with van der Waals surface area (Å²) in [4.78, 5) is 18.7. The fraction of sp³-hybridized carbons (Fsp3) is 0.552. The number of hydrogen-bond donors (Lipinski definition) is 0. The minimum absolute atomic E-state index is 0.0911. The number of hydrogen-bond acceptors (Lipinski definition) is 3. The van der Waals surface area contributed by atoms with Gasteiger partial charge in [-0.05, 0) is 42.0 Å². The van der Waals surface area contributed by atoms with Gasteiger partial charge in [0.1, 0.15) is 0 Å². The highest BCUT2D eigenvalue weighted by molar-refractivity contribution is 7.99. The molecule has 1 amide bonds. The Kier molecular flexibility index (Phi) is 14.7. The van der Waals surface area contributed by atoms with Gasteiger partial charge in [0.2, 0.25) is 0 Å². The summed E-state index contributed by atoms with van der Waals surface area (Å²) in [7, 11) is 1.59. The molecule has 0 saturated carbocycles. The normalized spacial score (nSPS) is 11.9. The third-order valence-electron chi connectivity index (χ3n) is 6.06. The number of carbonyl (C=O) groups is 1. The highest BCUT2D eigenvalue weighted by Gasteiger charge is 2.26. The number of amides is 1. The zero-order valence-corrected chi connectivity index (χ0v) is 21.5. The van der Waals surface area contributed by atoms with Crippen LogP contribution in [-0.2, 0) is 4.84 Å². The predicted molar refractivity (Wildman–Crippen MR) is 143 cm³/mol.